The van der Waals surface area contributed by atoms with E-state index in [1.165, 1.54) is 0 Å². The van der Waals surface area contributed by atoms with Gasteiger partial charge in [0.2, 0.25) is 0 Å². The zero-order chi connectivity index (χ0) is 17.2. The fraction of sp³-hybridized carbons (Fsp3) is 0.500. The summed E-state index contributed by atoms with van der Waals surface area (Å²) in [6.07, 6.45) is -0.345. The highest BCUT2D eigenvalue weighted by atomic mass is 19.4. The molecule has 6 heteroatoms. The Morgan fingerprint density at radius 3 is 2.75 bits per heavy atom. The first-order valence-electron chi connectivity index (χ1n) is 8.31. The Balaban J connectivity index is 1.94. The molecule has 0 spiro atoms. The van der Waals surface area contributed by atoms with E-state index in [9.17, 15) is 18.3 Å². The zero-order valence-electron chi connectivity index (χ0n) is 13.3. The van der Waals surface area contributed by atoms with Gasteiger partial charge in [-0.3, -0.25) is 0 Å². The van der Waals surface area contributed by atoms with Crippen LogP contribution in [0.4, 0.5) is 18.9 Å². The monoisotopic (exact) mass is 338 g/mol. The lowest BCUT2D eigenvalue weighted by Gasteiger charge is -2.25. The predicted molar refractivity (Wildman–Crippen MR) is 87.6 cm³/mol. The Labute approximate surface area is 139 Å². The number of benzene rings is 1. The van der Waals surface area contributed by atoms with Crippen LogP contribution in [-0.4, -0.2) is 35.7 Å². The summed E-state index contributed by atoms with van der Waals surface area (Å²) < 4.78 is 39.9. The van der Waals surface area contributed by atoms with Gasteiger partial charge in [-0.2, -0.15) is 13.2 Å². The SMILES string of the molecule is OC(C1=CC(C(F)(F)F)=Nc2ccccc2C1)C1CCCCCN1. The number of alkyl halides is 3. The summed E-state index contributed by atoms with van der Waals surface area (Å²) in [5, 5.41) is 14.0. The van der Waals surface area contributed by atoms with E-state index < -0.39 is 18.0 Å². The predicted octanol–water partition coefficient (Wildman–Crippen LogP) is 3.70. The smallest absolute Gasteiger partial charge is 0.387 e. The standard InChI is InChI=1S/C18H21F3N2O/c19-18(20,21)16-11-13(10-12-6-3-4-7-14(12)23-16)17(24)15-8-2-1-5-9-22-15/h3-4,6-7,11,15,17,22,24H,1-2,5,8-10H2. The molecule has 2 atom stereocenters. The van der Waals surface area contributed by atoms with Crippen molar-refractivity contribution in [3.63, 3.8) is 0 Å². The number of hydrogen-bond donors (Lipinski definition) is 2. The van der Waals surface area contributed by atoms with E-state index in [0.717, 1.165) is 38.3 Å². The number of para-hydroxylation sites is 1. The van der Waals surface area contributed by atoms with Gasteiger partial charge in [0.05, 0.1) is 11.8 Å². The number of fused-ring (bicyclic) bond motifs is 1. The number of hydrogen-bond acceptors (Lipinski definition) is 3. The quantitative estimate of drug-likeness (QED) is 0.864. The van der Waals surface area contributed by atoms with Gasteiger partial charge in [0.1, 0.15) is 5.71 Å². The van der Waals surface area contributed by atoms with Crippen LogP contribution in [-0.2, 0) is 6.42 Å². The van der Waals surface area contributed by atoms with E-state index in [0.29, 0.717) is 16.8 Å². The van der Waals surface area contributed by atoms with Crippen molar-refractivity contribution in [1.29, 1.82) is 0 Å². The van der Waals surface area contributed by atoms with E-state index in [1.807, 2.05) is 0 Å². The number of halogens is 3. The van der Waals surface area contributed by atoms with Crippen molar-refractivity contribution >= 4 is 11.4 Å². The molecule has 130 valence electrons. The van der Waals surface area contributed by atoms with Gasteiger partial charge in [-0.15, -0.1) is 0 Å². The van der Waals surface area contributed by atoms with E-state index in [4.69, 9.17) is 0 Å². The number of rotatable bonds is 2. The van der Waals surface area contributed by atoms with E-state index >= 15 is 0 Å². The molecule has 0 bridgehead atoms. The van der Waals surface area contributed by atoms with Gasteiger partial charge in [-0.05, 0) is 49.1 Å². The number of allylic oxidation sites excluding steroid dienone is 1. The average molecular weight is 338 g/mol. The lowest BCUT2D eigenvalue weighted by Crippen LogP contribution is -2.41. The number of aliphatic hydroxyl groups is 1. The molecule has 24 heavy (non-hydrogen) atoms. The highest BCUT2D eigenvalue weighted by molar-refractivity contribution is 6.02. The maximum absolute atomic E-state index is 13.3. The van der Waals surface area contributed by atoms with Crippen LogP contribution in [0.3, 0.4) is 0 Å². The number of aliphatic imine (C=N–C) groups is 1. The molecule has 0 aliphatic carbocycles. The Kier molecular flexibility index (Phi) is 5.06. The highest BCUT2D eigenvalue weighted by Crippen LogP contribution is 2.32. The van der Waals surface area contributed by atoms with Crippen LogP contribution < -0.4 is 5.32 Å². The van der Waals surface area contributed by atoms with Gasteiger partial charge in [-0.25, -0.2) is 4.99 Å². The highest BCUT2D eigenvalue weighted by Gasteiger charge is 2.37. The van der Waals surface area contributed by atoms with Crippen LogP contribution >= 0.6 is 0 Å². The van der Waals surface area contributed by atoms with Crippen molar-refractivity contribution in [1.82, 2.24) is 5.32 Å². The first kappa shape index (κ1) is 17.2. The minimum absolute atomic E-state index is 0.210. The number of nitrogens with zero attached hydrogens (tertiary/aromatic N) is 1. The second kappa shape index (κ2) is 7.07. The molecule has 1 aromatic rings. The lowest BCUT2D eigenvalue weighted by atomic mass is 9.92. The van der Waals surface area contributed by atoms with Gasteiger partial charge >= 0.3 is 6.18 Å². The molecule has 1 fully saturated rings. The molecule has 0 saturated carbocycles. The van der Waals surface area contributed by atoms with Crippen LogP contribution in [0.2, 0.25) is 0 Å². The van der Waals surface area contributed by atoms with Crippen LogP contribution in [0.5, 0.6) is 0 Å². The minimum Gasteiger partial charge on any atom is -0.387 e. The largest absolute Gasteiger partial charge is 0.433 e. The van der Waals surface area contributed by atoms with Crippen LogP contribution in [0.15, 0.2) is 40.9 Å². The maximum Gasteiger partial charge on any atom is 0.433 e. The molecule has 2 N–H and O–H groups in total. The van der Waals surface area contributed by atoms with Crippen molar-refractivity contribution in [2.45, 2.75) is 50.4 Å². The van der Waals surface area contributed by atoms with Crippen molar-refractivity contribution in [2.24, 2.45) is 4.99 Å². The molecule has 0 aromatic heterocycles. The fourth-order valence-corrected chi connectivity index (χ4v) is 3.30. The lowest BCUT2D eigenvalue weighted by molar-refractivity contribution is -0.0576. The minimum atomic E-state index is -4.54. The van der Waals surface area contributed by atoms with Gasteiger partial charge in [0.25, 0.3) is 0 Å². The second-order valence-electron chi connectivity index (χ2n) is 6.37. The summed E-state index contributed by atoms with van der Waals surface area (Å²) in [5.74, 6) is 0. The molecule has 2 aliphatic rings. The third-order valence-corrected chi connectivity index (χ3v) is 4.60. The van der Waals surface area contributed by atoms with Gasteiger partial charge in [0, 0.05) is 6.04 Å². The third kappa shape index (κ3) is 3.87. The van der Waals surface area contributed by atoms with Crippen LogP contribution in [0, 0.1) is 0 Å². The normalized spacial score (nSPS) is 23.4. The van der Waals surface area contributed by atoms with Crippen molar-refractivity contribution in [3.05, 3.63) is 41.5 Å². The van der Waals surface area contributed by atoms with Gasteiger partial charge < -0.3 is 10.4 Å². The van der Waals surface area contributed by atoms with E-state index in [1.54, 1.807) is 24.3 Å². The Morgan fingerprint density at radius 2 is 1.96 bits per heavy atom. The Morgan fingerprint density at radius 1 is 1.17 bits per heavy atom. The van der Waals surface area contributed by atoms with E-state index in [-0.39, 0.29) is 12.5 Å². The Bertz CT molecular complexity index is 644. The maximum atomic E-state index is 13.3. The first-order chi connectivity index (χ1) is 11.4. The van der Waals surface area contributed by atoms with Gasteiger partial charge in [0.15, 0.2) is 0 Å². The molecule has 3 nitrogen and oxygen atoms in total. The average Bonchev–Trinajstić information content (AvgIpc) is 2.92. The second-order valence-corrected chi connectivity index (χ2v) is 6.37. The molecule has 1 aromatic carbocycles. The summed E-state index contributed by atoms with van der Waals surface area (Å²) in [5.41, 5.74) is 0.443. The number of aliphatic hydroxyl groups excluding tert-OH is 1. The molecule has 2 aliphatic heterocycles. The molecule has 2 unspecified atom stereocenters. The molecular formula is C18H21F3N2O. The summed E-state index contributed by atoms with van der Waals surface area (Å²) in [7, 11) is 0. The zero-order valence-corrected chi connectivity index (χ0v) is 13.3. The Hall–Kier alpha value is -1.66. The summed E-state index contributed by atoms with van der Waals surface area (Å²) in [6.45, 7) is 0.784. The van der Waals surface area contributed by atoms with Crippen molar-refractivity contribution < 1.29 is 18.3 Å². The topological polar surface area (TPSA) is 44.6 Å². The van der Waals surface area contributed by atoms with Crippen molar-refractivity contribution in [2.75, 3.05) is 6.54 Å². The van der Waals surface area contributed by atoms with Crippen LogP contribution in [0.1, 0.15) is 31.2 Å². The summed E-state index contributed by atoms with van der Waals surface area (Å²) in [4.78, 5) is 3.79. The third-order valence-electron chi connectivity index (χ3n) is 4.60. The first-order valence-corrected chi connectivity index (χ1v) is 8.31. The molecule has 0 amide bonds. The summed E-state index contributed by atoms with van der Waals surface area (Å²) >= 11 is 0. The molecule has 0 radical (unpaired) electrons. The molecule has 3 rings (SSSR count). The molecule has 1 saturated heterocycles. The fourth-order valence-electron chi connectivity index (χ4n) is 3.30. The molecular weight excluding hydrogens is 317 g/mol. The van der Waals surface area contributed by atoms with Crippen LogP contribution in [0.25, 0.3) is 0 Å². The van der Waals surface area contributed by atoms with Crippen molar-refractivity contribution in [3.8, 4) is 0 Å². The summed E-state index contributed by atoms with van der Waals surface area (Å²) in [6, 6.07) is 6.58. The number of nitrogens with one attached hydrogen (secondary N) is 1. The molecule has 2 heterocycles. The van der Waals surface area contributed by atoms with E-state index in [2.05, 4.69) is 10.3 Å². The van der Waals surface area contributed by atoms with Gasteiger partial charge in [-0.1, -0.05) is 31.0 Å².